The topological polar surface area (TPSA) is 84.2 Å². The number of anilines is 1. The lowest BCUT2D eigenvalue weighted by atomic mass is 10.3. The molecule has 8 heteroatoms. The van der Waals surface area contributed by atoms with Gasteiger partial charge in [0.05, 0.1) is 10.6 Å². The molecule has 21 heavy (non-hydrogen) atoms. The average Bonchev–Trinajstić information content (AvgIpc) is 2.98. The number of hydrazine groups is 1. The number of nitrogens with two attached hydrogens (primary N) is 1. The Labute approximate surface area is 134 Å². The van der Waals surface area contributed by atoms with Crippen LogP contribution >= 0.6 is 34.7 Å². The van der Waals surface area contributed by atoms with Crippen LogP contribution < -0.4 is 16.6 Å². The van der Waals surface area contributed by atoms with Crippen LogP contribution in [0.2, 0.25) is 5.02 Å². The minimum absolute atomic E-state index is 0.135. The molecule has 4 N–H and O–H groups in total. The van der Waals surface area contributed by atoms with Gasteiger partial charge in [0.15, 0.2) is 0 Å². The van der Waals surface area contributed by atoms with E-state index in [0.717, 1.165) is 4.90 Å². The van der Waals surface area contributed by atoms with Crippen molar-refractivity contribution < 1.29 is 9.59 Å². The van der Waals surface area contributed by atoms with Crippen LogP contribution in [0.25, 0.3) is 0 Å². The summed E-state index contributed by atoms with van der Waals surface area (Å²) in [7, 11) is 0. The molecule has 0 aliphatic rings. The molecule has 0 saturated heterocycles. The molecule has 0 radical (unpaired) electrons. The maximum Gasteiger partial charge on any atom is 0.279 e. The second-order valence-corrected chi connectivity index (χ2v) is 6.35. The number of thioether (sulfide) groups is 1. The molecule has 0 fully saturated rings. The van der Waals surface area contributed by atoms with Crippen LogP contribution in [-0.4, -0.2) is 17.6 Å². The van der Waals surface area contributed by atoms with Gasteiger partial charge in [0.25, 0.3) is 5.91 Å². The van der Waals surface area contributed by atoms with Crippen molar-refractivity contribution in [3.63, 3.8) is 0 Å². The second kappa shape index (κ2) is 7.35. The third-order valence-electron chi connectivity index (χ3n) is 2.39. The van der Waals surface area contributed by atoms with Crippen molar-refractivity contribution in [1.82, 2.24) is 10.9 Å². The van der Waals surface area contributed by atoms with E-state index in [2.05, 4.69) is 10.9 Å². The van der Waals surface area contributed by atoms with Crippen molar-refractivity contribution in [1.29, 1.82) is 0 Å². The standard InChI is InChI=1S/C13H12ClN3O2S2/c14-8-3-4-10(9(15)6-8)21-7-12(18)16-17-13(19)11-2-1-5-20-11/h1-6H,7,15H2,(H,16,18)(H,17,19). The highest BCUT2D eigenvalue weighted by Crippen LogP contribution is 2.27. The quantitative estimate of drug-likeness (QED) is 0.453. The summed E-state index contributed by atoms with van der Waals surface area (Å²) < 4.78 is 0. The lowest BCUT2D eigenvalue weighted by Crippen LogP contribution is -2.42. The number of rotatable bonds is 4. The molecule has 2 amide bonds. The summed E-state index contributed by atoms with van der Waals surface area (Å²) in [5.74, 6) is -0.523. The van der Waals surface area contributed by atoms with Gasteiger partial charge >= 0.3 is 0 Å². The minimum atomic E-state index is -0.339. The zero-order chi connectivity index (χ0) is 15.2. The van der Waals surface area contributed by atoms with Crippen molar-refractivity contribution in [2.75, 3.05) is 11.5 Å². The van der Waals surface area contributed by atoms with Crippen LogP contribution in [0.1, 0.15) is 9.67 Å². The lowest BCUT2D eigenvalue weighted by Gasteiger charge is -2.07. The maximum atomic E-state index is 11.7. The predicted octanol–water partition coefficient (Wildman–Crippen LogP) is 2.54. The molecule has 2 aromatic rings. The first kappa shape index (κ1) is 15.7. The summed E-state index contributed by atoms with van der Waals surface area (Å²) >= 11 is 8.37. The molecule has 0 bridgehead atoms. The molecular weight excluding hydrogens is 330 g/mol. The van der Waals surface area contributed by atoms with Gasteiger partial charge in [0.2, 0.25) is 5.91 Å². The first-order valence-corrected chi connectivity index (χ1v) is 8.11. The highest BCUT2D eigenvalue weighted by atomic mass is 35.5. The van der Waals surface area contributed by atoms with E-state index >= 15 is 0 Å². The van der Waals surface area contributed by atoms with E-state index in [4.69, 9.17) is 17.3 Å². The Morgan fingerprint density at radius 1 is 1.29 bits per heavy atom. The zero-order valence-electron chi connectivity index (χ0n) is 10.8. The first-order valence-electron chi connectivity index (χ1n) is 5.87. The van der Waals surface area contributed by atoms with Crippen LogP contribution in [-0.2, 0) is 4.79 Å². The highest BCUT2D eigenvalue weighted by molar-refractivity contribution is 8.00. The number of hydrogen-bond acceptors (Lipinski definition) is 5. The van der Waals surface area contributed by atoms with Gasteiger partial charge in [-0.15, -0.1) is 23.1 Å². The lowest BCUT2D eigenvalue weighted by molar-refractivity contribution is -0.119. The van der Waals surface area contributed by atoms with Crippen molar-refractivity contribution in [3.8, 4) is 0 Å². The maximum absolute atomic E-state index is 11.7. The first-order chi connectivity index (χ1) is 10.1. The van der Waals surface area contributed by atoms with Crippen molar-refractivity contribution in [2.24, 2.45) is 0 Å². The van der Waals surface area contributed by atoms with Crippen LogP contribution in [0, 0.1) is 0 Å². The number of amides is 2. The van der Waals surface area contributed by atoms with Crippen LogP contribution in [0.3, 0.4) is 0 Å². The summed E-state index contributed by atoms with van der Waals surface area (Å²) in [6.45, 7) is 0. The molecular formula is C13H12ClN3O2S2. The van der Waals surface area contributed by atoms with E-state index in [1.54, 1.807) is 35.7 Å². The normalized spacial score (nSPS) is 10.1. The molecule has 110 valence electrons. The fourth-order valence-electron chi connectivity index (χ4n) is 1.43. The third-order valence-corrected chi connectivity index (χ3v) is 4.58. The molecule has 1 aromatic carbocycles. The smallest absolute Gasteiger partial charge is 0.279 e. The van der Waals surface area contributed by atoms with Crippen LogP contribution in [0.15, 0.2) is 40.6 Å². The van der Waals surface area contributed by atoms with Gasteiger partial charge in [-0.3, -0.25) is 20.4 Å². The average molecular weight is 342 g/mol. The zero-order valence-corrected chi connectivity index (χ0v) is 13.1. The van der Waals surface area contributed by atoms with E-state index in [0.29, 0.717) is 15.6 Å². The molecule has 1 aromatic heterocycles. The summed E-state index contributed by atoms with van der Waals surface area (Å²) in [6, 6.07) is 8.52. The molecule has 1 heterocycles. The number of halogens is 1. The monoisotopic (exact) mass is 341 g/mol. The Bertz CT molecular complexity index is 647. The molecule has 5 nitrogen and oxygen atoms in total. The fourth-order valence-corrected chi connectivity index (χ4v) is 2.97. The van der Waals surface area contributed by atoms with Gasteiger partial charge in [-0.25, -0.2) is 0 Å². The Balaban J connectivity index is 1.78. The van der Waals surface area contributed by atoms with E-state index in [-0.39, 0.29) is 17.6 Å². The van der Waals surface area contributed by atoms with E-state index in [1.165, 1.54) is 23.1 Å². The minimum Gasteiger partial charge on any atom is -0.398 e. The van der Waals surface area contributed by atoms with Gasteiger partial charge in [0.1, 0.15) is 0 Å². The Morgan fingerprint density at radius 3 is 2.76 bits per heavy atom. The summed E-state index contributed by atoms with van der Waals surface area (Å²) in [5.41, 5.74) is 11.0. The molecule has 0 atom stereocenters. The van der Waals surface area contributed by atoms with Gasteiger partial charge in [-0.1, -0.05) is 17.7 Å². The van der Waals surface area contributed by atoms with E-state index in [1.807, 2.05) is 0 Å². The molecule has 0 spiro atoms. The molecule has 2 rings (SSSR count). The van der Waals surface area contributed by atoms with E-state index < -0.39 is 0 Å². The molecule has 0 aliphatic heterocycles. The summed E-state index contributed by atoms with van der Waals surface area (Å²) in [4.78, 5) is 24.6. The Hall–Kier alpha value is -1.70. The largest absolute Gasteiger partial charge is 0.398 e. The number of carbonyl (C=O) groups excluding carboxylic acids is 2. The number of nitrogens with one attached hydrogen (secondary N) is 2. The predicted molar refractivity (Wildman–Crippen MR) is 86.5 cm³/mol. The van der Waals surface area contributed by atoms with E-state index in [9.17, 15) is 9.59 Å². The number of carbonyl (C=O) groups is 2. The summed E-state index contributed by atoms with van der Waals surface area (Å²) in [5, 5.41) is 2.33. The second-order valence-electron chi connectivity index (χ2n) is 3.95. The SMILES string of the molecule is Nc1cc(Cl)ccc1SCC(=O)NNC(=O)c1cccs1. The molecule has 0 unspecified atom stereocenters. The highest BCUT2D eigenvalue weighted by Gasteiger charge is 2.09. The number of thiophene rings is 1. The fraction of sp³-hybridized carbons (Fsp3) is 0.0769. The molecule has 0 saturated carbocycles. The van der Waals surface area contributed by atoms with Crippen molar-refractivity contribution in [3.05, 3.63) is 45.6 Å². The Kier molecular flexibility index (Phi) is 5.49. The number of hydrogen-bond donors (Lipinski definition) is 3. The van der Waals surface area contributed by atoms with Crippen molar-refractivity contribution in [2.45, 2.75) is 4.90 Å². The van der Waals surface area contributed by atoms with Crippen LogP contribution in [0.5, 0.6) is 0 Å². The van der Waals surface area contributed by atoms with Crippen molar-refractivity contribution >= 4 is 52.2 Å². The van der Waals surface area contributed by atoms with Gasteiger partial charge in [-0.2, -0.15) is 0 Å². The number of nitrogen functional groups attached to an aromatic ring is 1. The van der Waals surface area contributed by atoms with Gasteiger partial charge < -0.3 is 5.73 Å². The van der Waals surface area contributed by atoms with Gasteiger partial charge in [-0.05, 0) is 29.6 Å². The molecule has 0 aliphatic carbocycles. The third kappa shape index (κ3) is 4.66. The Morgan fingerprint density at radius 2 is 2.10 bits per heavy atom. The van der Waals surface area contributed by atoms with Gasteiger partial charge in [0, 0.05) is 15.6 Å². The summed E-state index contributed by atoms with van der Waals surface area (Å²) in [6.07, 6.45) is 0. The van der Waals surface area contributed by atoms with Crippen LogP contribution in [0.4, 0.5) is 5.69 Å². The number of benzene rings is 1.